The number of rotatable bonds is 0. The molecule has 0 aromatic carbocycles. The maximum absolute atomic E-state index is 11.1. The van der Waals surface area contributed by atoms with Crippen molar-refractivity contribution in [3.63, 3.8) is 0 Å². The van der Waals surface area contributed by atoms with Gasteiger partial charge in [0, 0.05) is 6.07 Å². The van der Waals surface area contributed by atoms with E-state index in [2.05, 4.69) is 0 Å². The number of hydrogen-bond acceptors (Lipinski definition) is 2. The molecule has 0 spiro atoms. The lowest BCUT2D eigenvalue weighted by Crippen LogP contribution is -2.24. The summed E-state index contributed by atoms with van der Waals surface area (Å²) in [6.07, 6.45) is 1.55. The maximum atomic E-state index is 11.1. The highest BCUT2D eigenvalue weighted by atomic mass is 32.1. The fourth-order valence-electron chi connectivity index (χ4n) is 1.11. The van der Waals surface area contributed by atoms with Gasteiger partial charge in [0.05, 0.1) is 5.39 Å². The van der Waals surface area contributed by atoms with Gasteiger partial charge in [-0.1, -0.05) is 11.3 Å². The van der Waals surface area contributed by atoms with Gasteiger partial charge in [0.1, 0.15) is 0 Å². The second-order valence-electron chi connectivity index (χ2n) is 2.46. The minimum Gasteiger partial charge on any atom is -0.618 e. The Balaban J connectivity index is 2.96. The summed E-state index contributed by atoms with van der Waals surface area (Å²) in [5.74, 6) is 0. The molecule has 0 saturated heterocycles. The molecule has 3 heteroatoms. The van der Waals surface area contributed by atoms with Crippen LogP contribution in [0.4, 0.5) is 0 Å². The summed E-state index contributed by atoms with van der Waals surface area (Å²) in [7, 11) is 0. The van der Waals surface area contributed by atoms with Crippen LogP contribution in [-0.2, 0) is 0 Å². The largest absolute Gasteiger partial charge is 0.618 e. The highest BCUT2D eigenvalue weighted by molar-refractivity contribution is 7.16. The second kappa shape index (κ2) is 2.20. The van der Waals surface area contributed by atoms with Gasteiger partial charge >= 0.3 is 0 Å². The molecule has 0 aliphatic carbocycles. The van der Waals surface area contributed by atoms with Crippen LogP contribution in [0.1, 0.15) is 5.56 Å². The Bertz CT molecular complexity index is 358. The summed E-state index contributed by atoms with van der Waals surface area (Å²) in [6.45, 7) is 2.01. The highest BCUT2D eigenvalue weighted by Gasteiger charge is 2.05. The Morgan fingerprint density at radius 3 is 3.00 bits per heavy atom. The van der Waals surface area contributed by atoms with Gasteiger partial charge in [-0.25, -0.2) is 0 Å². The third-order valence-corrected chi connectivity index (χ3v) is 2.63. The molecule has 2 heterocycles. The number of pyridine rings is 1. The van der Waals surface area contributed by atoms with Gasteiger partial charge in [0.25, 0.3) is 4.83 Å². The van der Waals surface area contributed by atoms with Crippen molar-refractivity contribution in [3.8, 4) is 0 Å². The average Bonchev–Trinajstić information content (AvgIpc) is 2.45. The van der Waals surface area contributed by atoms with Gasteiger partial charge in [-0.3, -0.25) is 0 Å². The Kier molecular flexibility index (Phi) is 1.32. The number of aryl methyl sites for hydroxylation is 1. The van der Waals surface area contributed by atoms with E-state index >= 15 is 0 Å². The van der Waals surface area contributed by atoms with E-state index in [-0.39, 0.29) is 0 Å². The lowest BCUT2D eigenvalue weighted by molar-refractivity contribution is -0.574. The van der Waals surface area contributed by atoms with Crippen LogP contribution >= 0.6 is 11.3 Å². The minimum atomic E-state index is 0.796. The van der Waals surface area contributed by atoms with Crippen molar-refractivity contribution in [2.75, 3.05) is 0 Å². The Hall–Kier alpha value is -1.09. The van der Waals surface area contributed by atoms with Crippen LogP contribution in [0.25, 0.3) is 10.2 Å². The lowest BCUT2D eigenvalue weighted by atomic mass is 10.2. The third-order valence-electron chi connectivity index (χ3n) is 1.73. The maximum Gasteiger partial charge on any atom is 0.280 e. The third kappa shape index (κ3) is 0.886. The quantitative estimate of drug-likeness (QED) is 0.432. The number of nitrogens with zero attached hydrogens (tertiary/aromatic N) is 1. The van der Waals surface area contributed by atoms with E-state index in [9.17, 15) is 5.21 Å². The van der Waals surface area contributed by atoms with Crippen molar-refractivity contribution in [1.82, 2.24) is 0 Å². The summed E-state index contributed by atoms with van der Waals surface area (Å²) in [4.78, 5) is 0.796. The SMILES string of the molecule is Cc1cc[n+]([O-])c2sccc12. The fraction of sp³-hybridized carbons (Fsp3) is 0.125. The Labute approximate surface area is 68.3 Å². The molecule has 0 aliphatic heterocycles. The molecule has 0 atom stereocenters. The minimum absolute atomic E-state index is 0.796. The first-order chi connectivity index (χ1) is 5.29. The van der Waals surface area contributed by atoms with Crippen molar-refractivity contribution >= 4 is 21.6 Å². The van der Waals surface area contributed by atoms with E-state index in [4.69, 9.17) is 0 Å². The van der Waals surface area contributed by atoms with E-state index in [1.165, 1.54) is 11.3 Å². The smallest absolute Gasteiger partial charge is 0.280 e. The van der Waals surface area contributed by atoms with Gasteiger partial charge in [0.15, 0.2) is 6.20 Å². The molecule has 11 heavy (non-hydrogen) atoms. The molecule has 0 aliphatic rings. The van der Waals surface area contributed by atoms with Crippen LogP contribution in [0.5, 0.6) is 0 Å². The molecular formula is C8H7NOS. The first-order valence-electron chi connectivity index (χ1n) is 3.35. The standard InChI is InChI=1S/C8H7NOS/c1-6-2-4-9(10)8-7(6)3-5-11-8/h2-5H,1H3. The van der Waals surface area contributed by atoms with Gasteiger partial charge in [-0.05, 0) is 23.9 Å². The molecule has 2 nitrogen and oxygen atoms in total. The molecule has 0 amide bonds. The van der Waals surface area contributed by atoms with Crippen LogP contribution in [0.15, 0.2) is 23.7 Å². The van der Waals surface area contributed by atoms with Gasteiger partial charge < -0.3 is 5.21 Å². The first kappa shape index (κ1) is 6.61. The molecule has 2 aromatic heterocycles. The fourth-order valence-corrected chi connectivity index (χ4v) is 1.96. The summed E-state index contributed by atoms with van der Waals surface area (Å²) in [6, 6.07) is 3.81. The Morgan fingerprint density at radius 2 is 2.27 bits per heavy atom. The second-order valence-corrected chi connectivity index (χ2v) is 3.36. The lowest BCUT2D eigenvalue weighted by Gasteiger charge is -1.97. The molecule has 0 fully saturated rings. The summed E-state index contributed by atoms with van der Waals surface area (Å²) in [5, 5.41) is 14.1. The number of thiophene rings is 1. The normalized spacial score (nSPS) is 10.6. The monoisotopic (exact) mass is 165 g/mol. The van der Waals surface area contributed by atoms with E-state index < -0.39 is 0 Å². The van der Waals surface area contributed by atoms with Crippen molar-refractivity contribution in [3.05, 3.63) is 34.5 Å². The molecule has 0 bridgehead atoms. The van der Waals surface area contributed by atoms with Gasteiger partial charge in [-0.15, -0.1) is 0 Å². The zero-order chi connectivity index (χ0) is 7.84. The van der Waals surface area contributed by atoms with E-state index in [1.807, 2.05) is 24.4 Å². The predicted molar refractivity (Wildman–Crippen MR) is 45.5 cm³/mol. The van der Waals surface area contributed by atoms with Crippen molar-refractivity contribution < 1.29 is 4.73 Å². The number of aromatic nitrogens is 1. The van der Waals surface area contributed by atoms with Crippen LogP contribution in [0, 0.1) is 12.1 Å². The molecule has 0 unspecified atom stereocenters. The van der Waals surface area contributed by atoms with E-state index in [0.717, 1.165) is 20.5 Å². The zero-order valence-electron chi connectivity index (χ0n) is 6.07. The van der Waals surface area contributed by atoms with E-state index in [0.29, 0.717) is 0 Å². The van der Waals surface area contributed by atoms with Crippen LogP contribution in [0.3, 0.4) is 0 Å². The molecule has 0 N–H and O–H groups in total. The van der Waals surface area contributed by atoms with Crippen LogP contribution < -0.4 is 4.73 Å². The molecule has 2 aromatic rings. The highest BCUT2D eigenvalue weighted by Crippen LogP contribution is 2.19. The van der Waals surface area contributed by atoms with E-state index in [1.54, 1.807) is 6.20 Å². The number of hydrogen-bond donors (Lipinski definition) is 0. The summed E-state index contributed by atoms with van der Waals surface area (Å²) >= 11 is 1.48. The molecule has 56 valence electrons. The predicted octanol–water partition coefficient (Wildman–Crippen LogP) is 1.84. The Morgan fingerprint density at radius 1 is 1.45 bits per heavy atom. The summed E-state index contributed by atoms with van der Waals surface area (Å²) < 4.78 is 0.910. The molecule has 0 radical (unpaired) electrons. The summed E-state index contributed by atoms with van der Waals surface area (Å²) in [5.41, 5.74) is 1.16. The zero-order valence-corrected chi connectivity index (χ0v) is 6.89. The van der Waals surface area contributed by atoms with Gasteiger partial charge in [-0.2, -0.15) is 4.73 Å². The molecule has 2 rings (SSSR count). The van der Waals surface area contributed by atoms with Crippen molar-refractivity contribution in [1.29, 1.82) is 0 Å². The topological polar surface area (TPSA) is 26.9 Å². The van der Waals surface area contributed by atoms with Gasteiger partial charge in [0.2, 0.25) is 0 Å². The van der Waals surface area contributed by atoms with Crippen molar-refractivity contribution in [2.24, 2.45) is 0 Å². The van der Waals surface area contributed by atoms with Crippen molar-refractivity contribution in [2.45, 2.75) is 6.92 Å². The molecule has 0 saturated carbocycles. The molecular weight excluding hydrogens is 158 g/mol. The van der Waals surface area contributed by atoms with Crippen LogP contribution in [-0.4, -0.2) is 0 Å². The van der Waals surface area contributed by atoms with Crippen LogP contribution in [0.2, 0.25) is 0 Å². The first-order valence-corrected chi connectivity index (χ1v) is 4.23. The average molecular weight is 165 g/mol. The number of fused-ring (bicyclic) bond motifs is 1.